The van der Waals surface area contributed by atoms with E-state index < -0.39 is 0 Å². The van der Waals surface area contributed by atoms with Crippen molar-refractivity contribution >= 4 is 40.8 Å². The van der Waals surface area contributed by atoms with Gasteiger partial charge in [-0.15, -0.1) is 11.8 Å². The lowest BCUT2D eigenvalue weighted by molar-refractivity contribution is 0.0935. The Balaban J connectivity index is 1.65. The van der Waals surface area contributed by atoms with E-state index in [0.29, 0.717) is 16.5 Å². The molecule has 1 amide bonds. The summed E-state index contributed by atoms with van der Waals surface area (Å²) in [6.45, 7) is 0. The van der Waals surface area contributed by atoms with Crippen LogP contribution in [0.15, 0.2) is 52.2 Å². The van der Waals surface area contributed by atoms with Crippen molar-refractivity contribution in [2.24, 2.45) is 0 Å². The van der Waals surface area contributed by atoms with Crippen LogP contribution in [-0.2, 0) is 0 Å². The van der Waals surface area contributed by atoms with E-state index in [-0.39, 0.29) is 22.3 Å². The summed E-state index contributed by atoms with van der Waals surface area (Å²) in [6.07, 6.45) is 0.892. The van der Waals surface area contributed by atoms with Gasteiger partial charge in [0.15, 0.2) is 4.77 Å². The van der Waals surface area contributed by atoms with Gasteiger partial charge in [-0.1, -0.05) is 18.2 Å². The Kier molecular flexibility index (Phi) is 4.19. The van der Waals surface area contributed by atoms with E-state index in [1.165, 1.54) is 4.90 Å². The number of rotatable bonds is 2. The van der Waals surface area contributed by atoms with Gasteiger partial charge in [-0.3, -0.25) is 14.6 Å². The van der Waals surface area contributed by atoms with Crippen LogP contribution in [0.5, 0.6) is 0 Å². The van der Waals surface area contributed by atoms with Crippen molar-refractivity contribution in [3.8, 4) is 0 Å². The van der Waals surface area contributed by atoms with E-state index in [0.717, 1.165) is 17.7 Å². The minimum Gasteiger partial charge on any atom is -0.345 e. The Hall–Kier alpha value is -2.38. The van der Waals surface area contributed by atoms with Crippen molar-refractivity contribution in [2.75, 3.05) is 5.75 Å². The maximum atomic E-state index is 12.7. The fourth-order valence-electron chi connectivity index (χ4n) is 3.04. The summed E-state index contributed by atoms with van der Waals surface area (Å²) >= 11 is 6.81. The predicted octanol–water partition coefficient (Wildman–Crippen LogP) is 3.55. The quantitative estimate of drug-likeness (QED) is 0.604. The third-order valence-electron chi connectivity index (χ3n) is 4.27. The number of amides is 1. The molecule has 3 N–H and O–H groups in total. The van der Waals surface area contributed by atoms with Gasteiger partial charge in [0.2, 0.25) is 0 Å². The zero-order chi connectivity index (χ0) is 17.4. The first-order valence-corrected chi connectivity index (χ1v) is 9.30. The molecular weight excluding hydrogens is 354 g/mol. The number of aromatic nitrogens is 2. The third-order valence-corrected chi connectivity index (χ3v) is 5.59. The van der Waals surface area contributed by atoms with Crippen molar-refractivity contribution in [3.05, 3.63) is 68.7 Å². The first-order valence-electron chi connectivity index (χ1n) is 7.91. The second-order valence-corrected chi connectivity index (χ2v) is 7.41. The lowest BCUT2D eigenvalue weighted by Crippen LogP contribution is -2.30. The van der Waals surface area contributed by atoms with Crippen LogP contribution in [0.2, 0.25) is 0 Å². The summed E-state index contributed by atoms with van der Waals surface area (Å²) in [5, 5.41) is 3.58. The molecule has 7 heteroatoms. The largest absolute Gasteiger partial charge is 0.345 e. The van der Waals surface area contributed by atoms with Crippen molar-refractivity contribution in [1.29, 1.82) is 0 Å². The van der Waals surface area contributed by atoms with E-state index in [1.54, 1.807) is 18.2 Å². The molecular formula is C18H15N3O2S2. The van der Waals surface area contributed by atoms with Crippen LogP contribution < -0.4 is 10.9 Å². The molecule has 1 atom stereocenters. The Bertz CT molecular complexity index is 1090. The van der Waals surface area contributed by atoms with E-state index in [9.17, 15) is 9.59 Å². The molecule has 126 valence electrons. The molecule has 4 rings (SSSR count). The molecule has 5 nitrogen and oxygen atoms in total. The number of carbonyl (C=O) groups is 1. The summed E-state index contributed by atoms with van der Waals surface area (Å²) < 4.78 is 0.244. The summed E-state index contributed by atoms with van der Waals surface area (Å²) in [6, 6.07) is 13.1. The molecule has 3 aromatic rings. The van der Waals surface area contributed by atoms with E-state index in [2.05, 4.69) is 27.4 Å². The van der Waals surface area contributed by atoms with Crippen LogP contribution in [0.4, 0.5) is 0 Å². The number of nitrogens with one attached hydrogen (secondary N) is 3. The first-order chi connectivity index (χ1) is 12.1. The van der Waals surface area contributed by atoms with Crippen LogP contribution >= 0.6 is 24.0 Å². The van der Waals surface area contributed by atoms with Gasteiger partial charge in [0.1, 0.15) is 0 Å². The minimum atomic E-state index is -0.260. The van der Waals surface area contributed by atoms with Crippen LogP contribution in [-0.4, -0.2) is 21.6 Å². The highest BCUT2D eigenvalue weighted by molar-refractivity contribution is 7.99. The summed E-state index contributed by atoms with van der Waals surface area (Å²) in [5.74, 6) is 0.815. The maximum absolute atomic E-state index is 12.7. The van der Waals surface area contributed by atoms with Crippen molar-refractivity contribution in [1.82, 2.24) is 15.3 Å². The maximum Gasteiger partial charge on any atom is 0.259 e. The van der Waals surface area contributed by atoms with Gasteiger partial charge in [-0.2, -0.15) is 0 Å². The van der Waals surface area contributed by atoms with Gasteiger partial charge in [0, 0.05) is 16.2 Å². The SMILES string of the molecule is O=C(NC1CCSc2ccccc21)c1ccc2c(=O)[nH]c(=S)[nH]c2c1. The topological polar surface area (TPSA) is 77.8 Å². The fraction of sp³-hybridized carbons (Fsp3) is 0.167. The van der Waals surface area contributed by atoms with E-state index in [4.69, 9.17) is 12.2 Å². The Labute approximate surface area is 152 Å². The van der Waals surface area contributed by atoms with E-state index >= 15 is 0 Å². The molecule has 25 heavy (non-hydrogen) atoms. The van der Waals surface area contributed by atoms with Gasteiger partial charge in [-0.05, 0) is 48.5 Å². The molecule has 0 radical (unpaired) electrons. The molecule has 2 heterocycles. The Morgan fingerprint density at radius 3 is 2.92 bits per heavy atom. The number of hydrogen-bond acceptors (Lipinski definition) is 4. The van der Waals surface area contributed by atoms with Crippen molar-refractivity contribution in [2.45, 2.75) is 17.4 Å². The fourth-order valence-corrected chi connectivity index (χ4v) is 4.37. The lowest BCUT2D eigenvalue weighted by Gasteiger charge is -2.25. The highest BCUT2D eigenvalue weighted by Gasteiger charge is 2.22. The average molecular weight is 369 g/mol. The van der Waals surface area contributed by atoms with Crippen LogP contribution in [0.25, 0.3) is 10.9 Å². The number of H-pyrrole nitrogens is 2. The van der Waals surface area contributed by atoms with Gasteiger partial charge < -0.3 is 10.3 Å². The van der Waals surface area contributed by atoms with Gasteiger partial charge in [0.25, 0.3) is 11.5 Å². The summed E-state index contributed by atoms with van der Waals surface area (Å²) in [5.41, 5.74) is 1.95. The van der Waals surface area contributed by atoms with Crippen LogP contribution in [0.3, 0.4) is 0 Å². The molecule has 2 aromatic carbocycles. The molecule has 0 bridgehead atoms. The molecule has 0 saturated heterocycles. The van der Waals surface area contributed by atoms with E-state index in [1.807, 2.05) is 23.9 Å². The molecule has 0 fully saturated rings. The van der Waals surface area contributed by atoms with Gasteiger partial charge in [0.05, 0.1) is 16.9 Å². The Morgan fingerprint density at radius 2 is 2.04 bits per heavy atom. The monoisotopic (exact) mass is 369 g/mol. The van der Waals surface area contributed by atoms with Crippen molar-refractivity contribution in [3.63, 3.8) is 0 Å². The zero-order valence-corrected chi connectivity index (χ0v) is 14.8. The predicted molar refractivity (Wildman–Crippen MR) is 102 cm³/mol. The number of benzene rings is 2. The second-order valence-electron chi connectivity index (χ2n) is 5.87. The smallest absolute Gasteiger partial charge is 0.259 e. The zero-order valence-electron chi connectivity index (χ0n) is 13.2. The molecule has 0 aliphatic carbocycles. The second kappa shape index (κ2) is 6.50. The van der Waals surface area contributed by atoms with Gasteiger partial charge in [-0.25, -0.2) is 0 Å². The number of thioether (sulfide) groups is 1. The standard InChI is InChI=1S/C18H15N3O2S2/c22-16(19-13-7-8-25-15-4-2-1-3-11(13)15)10-5-6-12-14(9-10)20-18(24)21-17(12)23/h1-6,9,13H,7-8H2,(H,19,22)(H2,20,21,23,24). The molecule has 1 unspecified atom stereocenters. The summed E-state index contributed by atoms with van der Waals surface area (Å²) in [4.78, 5) is 31.3. The van der Waals surface area contributed by atoms with Crippen molar-refractivity contribution < 1.29 is 4.79 Å². The van der Waals surface area contributed by atoms with Gasteiger partial charge >= 0.3 is 0 Å². The number of fused-ring (bicyclic) bond motifs is 2. The first kappa shape index (κ1) is 16.1. The number of aromatic amines is 2. The average Bonchev–Trinajstić information content (AvgIpc) is 2.61. The molecule has 1 aliphatic heterocycles. The number of hydrogen-bond donors (Lipinski definition) is 3. The molecule has 0 saturated carbocycles. The highest BCUT2D eigenvalue weighted by Crippen LogP contribution is 2.35. The third kappa shape index (κ3) is 3.12. The lowest BCUT2D eigenvalue weighted by atomic mass is 10.0. The molecule has 1 aromatic heterocycles. The molecule has 1 aliphatic rings. The highest BCUT2D eigenvalue weighted by atomic mass is 32.2. The normalized spacial score (nSPS) is 16.4. The summed E-state index contributed by atoms with van der Waals surface area (Å²) in [7, 11) is 0. The minimum absolute atomic E-state index is 0.00156. The van der Waals surface area contributed by atoms with Crippen LogP contribution in [0, 0.1) is 4.77 Å². The Morgan fingerprint density at radius 1 is 1.20 bits per heavy atom. The molecule has 0 spiro atoms. The van der Waals surface area contributed by atoms with Crippen LogP contribution in [0.1, 0.15) is 28.4 Å². The number of carbonyl (C=O) groups excluding carboxylic acids is 1.